The van der Waals surface area contributed by atoms with E-state index in [-0.39, 0.29) is 0 Å². The Morgan fingerprint density at radius 3 is 1.72 bits per heavy atom. The SMILES string of the molecule is c1ccc2cc(-c3csc4c3ccc3c5ccc(-c6c7ccccc7c(-c7cc8ccccc8c8c7oc7ccccc78)c7ccccc67)cc5oc34)ccc2c1. The van der Waals surface area contributed by atoms with Gasteiger partial charge in [-0.05, 0) is 102 Å². The average molecular weight is 743 g/mol. The number of hydrogen-bond acceptors (Lipinski definition) is 3. The lowest BCUT2D eigenvalue weighted by Crippen LogP contribution is -1.91. The zero-order valence-electron chi connectivity index (χ0n) is 30.5. The Morgan fingerprint density at radius 1 is 0.333 bits per heavy atom. The van der Waals surface area contributed by atoms with Crippen LogP contribution in [0.1, 0.15) is 0 Å². The number of thiophene rings is 1. The van der Waals surface area contributed by atoms with Gasteiger partial charge in [-0.1, -0.05) is 140 Å². The summed E-state index contributed by atoms with van der Waals surface area (Å²) in [5, 5.41) is 17.8. The summed E-state index contributed by atoms with van der Waals surface area (Å²) in [6.07, 6.45) is 0. The van der Waals surface area contributed by atoms with Gasteiger partial charge in [-0.3, -0.25) is 0 Å². The van der Waals surface area contributed by atoms with Crippen molar-refractivity contribution in [2.45, 2.75) is 0 Å². The lowest BCUT2D eigenvalue weighted by atomic mass is 9.85. The van der Waals surface area contributed by atoms with Crippen LogP contribution in [0.25, 0.3) is 130 Å². The summed E-state index contributed by atoms with van der Waals surface area (Å²) in [6.45, 7) is 0. The molecule has 2 nitrogen and oxygen atoms in total. The minimum atomic E-state index is 0.895. The summed E-state index contributed by atoms with van der Waals surface area (Å²) < 4.78 is 14.9. The van der Waals surface area contributed by atoms with E-state index in [2.05, 4.69) is 181 Å². The molecule has 0 aliphatic rings. The van der Waals surface area contributed by atoms with E-state index in [1.165, 1.54) is 75.4 Å². The van der Waals surface area contributed by atoms with Crippen molar-refractivity contribution in [3.05, 3.63) is 181 Å². The Hall–Kier alpha value is -7.20. The summed E-state index contributed by atoms with van der Waals surface area (Å²) in [4.78, 5) is 0. The number of hydrogen-bond donors (Lipinski definition) is 0. The molecule has 3 aromatic heterocycles. The Kier molecular flexibility index (Phi) is 6.35. The normalized spacial score (nSPS) is 12.2. The van der Waals surface area contributed by atoms with E-state index in [9.17, 15) is 0 Å². The van der Waals surface area contributed by atoms with Crippen molar-refractivity contribution in [1.82, 2.24) is 0 Å². The van der Waals surface area contributed by atoms with E-state index < -0.39 is 0 Å². The number of furan rings is 2. The molecule has 0 spiro atoms. The van der Waals surface area contributed by atoms with Gasteiger partial charge in [0.2, 0.25) is 0 Å². The topological polar surface area (TPSA) is 26.3 Å². The van der Waals surface area contributed by atoms with E-state index in [1.807, 2.05) is 0 Å². The molecule has 0 aliphatic heterocycles. The van der Waals surface area contributed by atoms with Crippen molar-refractivity contribution in [2.24, 2.45) is 0 Å². The molecule has 0 N–H and O–H groups in total. The molecular formula is C54H30O2S. The van der Waals surface area contributed by atoms with Gasteiger partial charge in [-0.2, -0.15) is 0 Å². The Balaban J connectivity index is 1.04. The van der Waals surface area contributed by atoms with Crippen LogP contribution in [-0.2, 0) is 0 Å². The van der Waals surface area contributed by atoms with Crippen LogP contribution in [0.3, 0.4) is 0 Å². The van der Waals surface area contributed by atoms with E-state index in [0.29, 0.717) is 0 Å². The molecule has 0 saturated carbocycles. The zero-order chi connectivity index (χ0) is 37.2. The third-order valence-corrected chi connectivity index (χ3v) is 13.1. The number of rotatable bonds is 3. The maximum atomic E-state index is 6.88. The summed E-state index contributed by atoms with van der Waals surface area (Å²) in [7, 11) is 0. The molecule has 3 heterocycles. The third kappa shape index (κ3) is 4.40. The van der Waals surface area contributed by atoms with Gasteiger partial charge < -0.3 is 8.83 Å². The van der Waals surface area contributed by atoms with Crippen LogP contribution < -0.4 is 0 Å². The molecule has 0 atom stereocenters. The maximum absolute atomic E-state index is 6.88. The second kappa shape index (κ2) is 11.7. The second-order valence-corrected chi connectivity index (χ2v) is 16.0. The summed E-state index contributed by atoms with van der Waals surface area (Å²) in [6, 6.07) is 63.7. The molecule has 0 amide bonds. The van der Waals surface area contributed by atoms with Crippen LogP contribution in [0.15, 0.2) is 190 Å². The van der Waals surface area contributed by atoms with Crippen molar-refractivity contribution in [2.75, 3.05) is 0 Å². The van der Waals surface area contributed by atoms with Crippen LogP contribution in [-0.4, -0.2) is 0 Å². The molecule has 3 heteroatoms. The maximum Gasteiger partial charge on any atom is 0.153 e. The van der Waals surface area contributed by atoms with Crippen molar-refractivity contribution >= 4 is 108 Å². The van der Waals surface area contributed by atoms with Gasteiger partial charge in [0.1, 0.15) is 16.7 Å². The first-order chi connectivity index (χ1) is 28.3. The van der Waals surface area contributed by atoms with Gasteiger partial charge >= 0.3 is 0 Å². The van der Waals surface area contributed by atoms with Crippen LogP contribution in [0.2, 0.25) is 0 Å². The fraction of sp³-hybridized carbons (Fsp3) is 0. The molecule has 0 fully saturated rings. The Bertz CT molecular complexity index is 3760. The van der Waals surface area contributed by atoms with Gasteiger partial charge in [-0.15, -0.1) is 11.3 Å². The summed E-state index contributed by atoms with van der Waals surface area (Å²) in [5.41, 5.74) is 10.8. The number of fused-ring (bicyclic) bond motifs is 13. The van der Waals surface area contributed by atoms with Gasteiger partial charge in [0, 0.05) is 43.6 Å². The van der Waals surface area contributed by atoms with Crippen LogP contribution in [0, 0.1) is 0 Å². The van der Waals surface area contributed by atoms with Crippen molar-refractivity contribution in [1.29, 1.82) is 0 Å². The van der Waals surface area contributed by atoms with E-state index >= 15 is 0 Å². The predicted molar refractivity (Wildman–Crippen MR) is 243 cm³/mol. The standard InChI is InChI=1S/C54H30O2S/c1-2-12-32-27-34(22-21-31(32)11-1)46-30-57-54-43(46)26-25-42-37-24-23-35(29-48(37)56-53(42)54)49-38-15-5-7-17-40(38)50(41-18-8-6-16-39(41)49)45-28-33-13-3-4-14-36(33)51-44-19-9-10-20-47(44)55-52(45)51/h1-30H. The molecule has 13 aromatic rings. The largest absolute Gasteiger partial charge is 0.455 e. The van der Waals surface area contributed by atoms with E-state index in [1.54, 1.807) is 11.3 Å². The fourth-order valence-corrected chi connectivity index (χ4v) is 10.6. The zero-order valence-corrected chi connectivity index (χ0v) is 31.4. The first kappa shape index (κ1) is 31.1. The highest BCUT2D eigenvalue weighted by molar-refractivity contribution is 7.18. The van der Waals surface area contributed by atoms with E-state index in [4.69, 9.17) is 8.83 Å². The molecule has 10 aromatic carbocycles. The molecule has 0 aliphatic carbocycles. The smallest absolute Gasteiger partial charge is 0.153 e. The van der Waals surface area contributed by atoms with Crippen LogP contribution >= 0.6 is 11.3 Å². The predicted octanol–water partition coefficient (Wildman–Crippen LogP) is 16.3. The van der Waals surface area contributed by atoms with Gasteiger partial charge in [-0.25, -0.2) is 0 Å². The molecule has 0 saturated heterocycles. The van der Waals surface area contributed by atoms with Gasteiger partial charge in [0.15, 0.2) is 5.58 Å². The van der Waals surface area contributed by atoms with E-state index in [0.717, 1.165) is 55.0 Å². The van der Waals surface area contributed by atoms with Gasteiger partial charge in [0.05, 0.1) is 4.70 Å². The lowest BCUT2D eigenvalue weighted by molar-refractivity contribution is 0.670. The fourth-order valence-electron chi connectivity index (χ4n) is 9.55. The van der Waals surface area contributed by atoms with Crippen molar-refractivity contribution in [3.63, 3.8) is 0 Å². The van der Waals surface area contributed by atoms with Crippen LogP contribution in [0.4, 0.5) is 0 Å². The molecule has 13 rings (SSSR count). The Labute approximate surface area is 330 Å². The monoisotopic (exact) mass is 742 g/mol. The molecular weight excluding hydrogens is 713 g/mol. The molecule has 0 radical (unpaired) electrons. The molecule has 0 bridgehead atoms. The molecule has 0 unspecified atom stereocenters. The number of benzene rings is 10. The minimum Gasteiger partial charge on any atom is -0.455 e. The highest BCUT2D eigenvalue weighted by atomic mass is 32.1. The average Bonchev–Trinajstić information content (AvgIpc) is 3.99. The first-order valence-electron chi connectivity index (χ1n) is 19.4. The van der Waals surface area contributed by atoms with Crippen LogP contribution in [0.5, 0.6) is 0 Å². The van der Waals surface area contributed by atoms with Gasteiger partial charge in [0.25, 0.3) is 0 Å². The Morgan fingerprint density at radius 2 is 0.930 bits per heavy atom. The molecule has 264 valence electrons. The lowest BCUT2D eigenvalue weighted by Gasteiger charge is -2.18. The summed E-state index contributed by atoms with van der Waals surface area (Å²) >= 11 is 1.76. The summed E-state index contributed by atoms with van der Waals surface area (Å²) in [5.74, 6) is 0. The second-order valence-electron chi connectivity index (χ2n) is 15.1. The highest BCUT2D eigenvalue weighted by Crippen LogP contribution is 2.49. The minimum absolute atomic E-state index is 0.895. The van der Waals surface area contributed by atoms with Crippen molar-refractivity contribution < 1.29 is 8.83 Å². The quantitative estimate of drug-likeness (QED) is 0.169. The molecule has 57 heavy (non-hydrogen) atoms. The number of para-hydroxylation sites is 1. The highest BCUT2D eigenvalue weighted by Gasteiger charge is 2.23. The third-order valence-electron chi connectivity index (χ3n) is 12.1. The van der Waals surface area contributed by atoms with Crippen molar-refractivity contribution in [3.8, 4) is 33.4 Å². The first-order valence-corrected chi connectivity index (χ1v) is 20.3.